The molecule has 0 amide bonds. The van der Waals surface area contributed by atoms with E-state index in [-0.39, 0.29) is 6.10 Å². The second-order valence-corrected chi connectivity index (χ2v) is 6.31. The Hall–Kier alpha value is -0.770. The summed E-state index contributed by atoms with van der Waals surface area (Å²) in [6, 6.07) is 5.77. The number of benzene rings is 1. The van der Waals surface area contributed by atoms with Crippen LogP contribution in [-0.2, 0) is 11.2 Å². The van der Waals surface area contributed by atoms with Crippen molar-refractivity contribution in [1.82, 2.24) is 0 Å². The average Bonchev–Trinajstić information content (AvgIpc) is 2.58. The summed E-state index contributed by atoms with van der Waals surface area (Å²) < 4.78 is 12.4. The Morgan fingerprint density at radius 3 is 2.75 bits per heavy atom. The van der Waals surface area contributed by atoms with Gasteiger partial charge in [0.1, 0.15) is 5.75 Å². The molecule has 2 atom stereocenters. The van der Waals surface area contributed by atoms with Gasteiger partial charge in [0, 0.05) is 19.3 Å². The van der Waals surface area contributed by atoms with Crippen molar-refractivity contribution in [2.75, 3.05) is 0 Å². The van der Waals surface area contributed by atoms with Crippen molar-refractivity contribution >= 4 is 11.6 Å². The van der Waals surface area contributed by atoms with Crippen molar-refractivity contribution in [1.29, 1.82) is 0 Å². The molecule has 3 rings (SSSR count). The summed E-state index contributed by atoms with van der Waals surface area (Å²) in [7, 11) is 0. The number of aliphatic hydroxyl groups is 1. The minimum Gasteiger partial charge on any atom is -0.461 e. The molecule has 0 saturated heterocycles. The summed E-state index contributed by atoms with van der Waals surface area (Å²) in [4.78, 5) is 0. The monoisotopic (exact) mass is 296 g/mol. The third kappa shape index (κ3) is 2.67. The molecule has 110 valence electrons. The minimum atomic E-state index is -0.615. The van der Waals surface area contributed by atoms with Crippen LogP contribution < -0.4 is 4.74 Å². The zero-order chi connectivity index (χ0) is 14.2. The Morgan fingerprint density at radius 2 is 2.05 bits per heavy atom. The number of hydrogen-bond donors (Lipinski definition) is 1. The van der Waals surface area contributed by atoms with E-state index in [4.69, 9.17) is 21.1 Å². The van der Waals surface area contributed by atoms with Crippen molar-refractivity contribution in [3.05, 3.63) is 28.8 Å². The van der Waals surface area contributed by atoms with Crippen molar-refractivity contribution in [3.8, 4) is 5.75 Å². The molecule has 0 radical (unpaired) electrons. The van der Waals surface area contributed by atoms with Crippen molar-refractivity contribution in [2.24, 2.45) is 0 Å². The van der Waals surface area contributed by atoms with Gasteiger partial charge in [0.2, 0.25) is 5.79 Å². The molecule has 1 saturated carbocycles. The number of hydrogen-bond acceptors (Lipinski definition) is 3. The molecular formula is C16H21ClO3. The molecule has 0 aromatic heterocycles. The normalized spacial score (nSPS) is 26.4. The molecule has 1 aliphatic heterocycles. The Labute approximate surface area is 124 Å². The van der Waals surface area contributed by atoms with Gasteiger partial charge in [-0.2, -0.15) is 0 Å². The zero-order valence-corrected chi connectivity index (χ0v) is 12.5. The fourth-order valence-electron chi connectivity index (χ4n) is 3.15. The number of para-hydroxylation sites is 1. The van der Waals surface area contributed by atoms with Crippen LogP contribution in [0, 0.1) is 0 Å². The third-order valence-electron chi connectivity index (χ3n) is 4.28. The van der Waals surface area contributed by atoms with Crippen LogP contribution in [0.5, 0.6) is 5.75 Å². The quantitative estimate of drug-likeness (QED) is 0.859. The molecule has 0 bridgehead atoms. The molecule has 1 aliphatic carbocycles. The summed E-state index contributed by atoms with van der Waals surface area (Å²) in [6.07, 6.45) is 4.98. The van der Waals surface area contributed by atoms with Gasteiger partial charge in [-0.1, -0.05) is 30.2 Å². The second kappa shape index (κ2) is 5.55. The number of halogens is 1. The number of fused-ring (bicyclic) bond motifs is 1. The van der Waals surface area contributed by atoms with E-state index in [0.29, 0.717) is 11.4 Å². The van der Waals surface area contributed by atoms with Gasteiger partial charge in [0.05, 0.1) is 17.2 Å². The standard InChI is InChI=1S/C16H21ClO3/c1-11(18)14-10-12-6-5-7-13(17)15(12)20-16(19-14)8-3-2-4-9-16/h5-7,11,14,18H,2-4,8-10H2,1H3. The number of rotatable bonds is 1. The van der Waals surface area contributed by atoms with E-state index >= 15 is 0 Å². The van der Waals surface area contributed by atoms with Crippen LogP contribution in [0.2, 0.25) is 5.02 Å². The van der Waals surface area contributed by atoms with Crippen LogP contribution in [0.25, 0.3) is 0 Å². The fourth-order valence-corrected chi connectivity index (χ4v) is 3.38. The molecule has 1 aromatic carbocycles. The van der Waals surface area contributed by atoms with Gasteiger partial charge < -0.3 is 14.6 Å². The van der Waals surface area contributed by atoms with E-state index in [9.17, 15) is 5.11 Å². The van der Waals surface area contributed by atoms with Gasteiger partial charge in [-0.15, -0.1) is 0 Å². The maximum atomic E-state index is 10.00. The highest BCUT2D eigenvalue weighted by Gasteiger charge is 2.42. The van der Waals surface area contributed by atoms with Crippen LogP contribution in [0.4, 0.5) is 0 Å². The van der Waals surface area contributed by atoms with E-state index in [1.165, 1.54) is 6.42 Å². The molecule has 1 N–H and O–H groups in total. The lowest BCUT2D eigenvalue weighted by atomic mass is 9.93. The lowest BCUT2D eigenvalue weighted by molar-refractivity contribution is -0.236. The van der Waals surface area contributed by atoms with Crippen molar-refractivity contribution < 1.29 is 14.6 Å². The van der Waals surface area contributed by atoms with E-state index in [1.54, 1.807) is 6.92 Å². The molecule has 20 heavy (non-hydrogen) atoms. The average molecular weight is 297 g/mol. The molecule has 1 spiro atoms. The summed E-state index contributed by atoms with van der Waals surface area (Å²) in [5.41, 5.74) is 1.02. The van der Waals surface area contributed by atoms with Crippen molar-refractivity contribution in [2.45, 2.75) is 63.4 Å². The van der Waals surface area contributed by atoms with Crippen LogP contribution in [0.1, 0.15) is 44.6 Å². The summed E-state index contributed by atoms with van der Waals surface area (Å²) >= 11 is 6.30. The van der Waals surface area contributed by atoms with Gasteiger partial charge in [0.25, 0.3) is 0 Å². The lowest BCUT2D eigenvalue weighted by Crippen LogP contribution is -2.45. The molecular weight excluding hydrogens is 276 g/mol. The van der Waals surface area contributed by atoms with Gasteiger partial charge in [-0.3, -0.25) is 0 Å². The first-order chi connectivity index (χ1) is 9.60. The maximum Gasteiger partial charge on any atom is 0.210 e. The Bertz CT molecular complexity index is 481. The Morgan fingerprint density at radius 1 is 1.30 bits per heavy atom. The van der Waals surface area contributed by atoms with Crippen LogP contribution in [0.15, 0.2) is 18.2 Å². The predicted molar refractivity (Wildman–Crippen MR) is 78.2 cm³/mol. The molecule has 2 unspecified atom stereocenters. The van der Waals surface area contributed by atoms with Gasteiger partial charge in [0.15, 0.2) is 0 Å². The highest BCUT2D eigenvalue weighted by atomic mass is 35.5. The third-order valence-corrected chi connectivity index (χ3v) is 4.57. The fraction of sp³-hybridized carbons (Fsp3) is 0.625. The van der Waals surface area contributed by atoms with Gasteiger partial charge >= 0.3 is 0 Å². The zero-order valence-electron chi connectivity index (χ0n) is 11.8. The molecule has 2 aliphatic rings. The van der Waals surface area contributed by atoms with E-state index in [0.717, 1.165) is 37.0 Å². The number of ether oxygens (including phenoxy) is 2. The minimum absolute atomic E-state index is 0.243. The lowest BCUT2D eigenvalue weighted by Gasteiger charge is -2.38. The first-order valence-electron chi connectivity index (χ1n) is 7.42. The van der Waals surface area contributed by atoms with Gasteiger partial charge in [-0.05, 0) is 31.4 Å². The van der Waals surface area contributed by atoms with Crippen LogP contribution >= 0.6 is 11.6 Å². The van der Waals surface area contributed by atoms with Gasteiger partial charge in [-0.25, -0.2) is 0 Å². The maximum absolute atomic E-state index is 10.00. The molecule has 1 heterocycles. The van der Waals surface area contributed by atoms with Crippen molar-refractivity contribution in [3.63, 3.8) is 0 Å². The predicted octanol–water partition coefficient (Wildman–Crippen LogP) is 3.70. The second-order valence-electron chi connectivity index (χ2n) is 5.90. The number of aliphatic hydroxyl groups excluding tert-OH is 1. The smallest absolute Gasteiger partial charge is 0.210 e. The summed E-state index contributed by atoms with van der Waals surface area (Å²) in [5.74, 6) is 0.120. The summed E-state index contributed by atoms with van der Waals surface area (Å²) in [5, 5.41) is 10.6. The molecule has 1 aromatic rings. The Kier molecular flexibility index (Phi) is 3.93. The molecule has 3 nitrogen and oxygen atoms in total. The van der Waals surface area contributed by atoms with E-state index < -0.39 is 11.9 Å². The highest BCUT2D eigenvalue weighted by molar-refractivity contribution is 6.32. The first-order valence-corrected chi connectivity index (χ1v) is 7.80. The SMILES string of the molecule is CC(O)C1Cc2cccc(Cl)c2OC2(CCCCC2)O1. The highest BCUT2D eigenvalue weighted by Crippen LogP contribution is 2.42. The Balaban J connectivity index is 2.00. The molecule has 1 fully saturated rings. The van der Waals surface area contributed by atoms with Crippen LogP contribution in [0.3, 0.4) is 0 Å². The van der Waals surface area contributed by atoms with E-state index in [2.05, 4.69) is 0 Å². The van der Waals surface area contributed by atoms with Crippen LogP contribution in [-0.4, -0.2) is 23.1 Å². The summed E-state index contributed by atoms with van der Waals surface area (Å²) in [6.45, 7) is 1.77. The van der Waals surface area contributed by atoms with E-state index in [1.807, 2.05) is 18.2 Å². The topological polar surface area (TPSA) is 38.7 Å². The first kappa shape index (κ1) is 14.2. The largest absolute Gasteiger partial charge is 0.461 e. The molecule has 4 heteroatoms.